The van der Waals surface area contributed by atoms with E-state index in [1.165, 1.54) is 6.07 Å². The van der Waals surface area contributed by atoms with Crippen molar-refractivity contribution in [2.45, 2.75) is 13.1 Å². The summed E-state index contributed by atoms with van der Waals surface area (Å²) in [4.78, 5) is 7.30. The summed E-state index contributed by atoms with van der Waals surface area (Å²) < 4.78 is 48.0. The van der Waals surface area contributed by atoms with Crippen molar-refractivity contribution >= 4 is 55.0 Å². The Balaban J connectivity index is 1.44. The highest BCUT2D eigenvalue weighted by Crippen LogP contribution is 2.46. The highest BCUT2D eigenvalue weighted by atomic mass is 19.4. The van der Waals surface area contributed by atoms with Crippen LogP contribution in [-0.2, 0) is 6.18 Å². The Kier molecular flexibility index (Phi) is 8.27. The molecule has 0 aliphatic rings. The SMILES string of the molecule is [C-]#[N+]c1ccc2c(c1)c1cc([N+]#[C-])ccc1n2-c1cc(-c2c(C)cccc2C(F)(F)F)ccc1-c1ccc(C#N)cc1-n1c2ccc(C#N)cc2c2cc(C#N)ccc21. The summed E-state index contributed by atoms with van der Waals surface area (Å²) in [5, 5.41) is 32.7. The van der Waals surface area contributed by atoms with Gasteiger partial charge in [-0.3, -0.25) is 0 Å². The summed E-state index contributed by atoms with van der Waals surface area (Å²) >= 11 is 0. The Hall–Kier alpha value is -8.62. The fraction of sp³-hybridized carbons (Fsp3) is 0.0408. The largest absolute Gasteiger partial charge is 0.417 e. The molecule has 0 aliphatic carbocycles. The highest BCUT2D eigenvalue weighted by molar-refractivity contribution is 6.13. The molecular weight excluding hydrogens is 744 g/mol. The van der Waals surface area contributed by atoms with E-state index < -0.39 is 11.7 Å². The molecule has 276 valence electrons. The number of alkyl halides is 3. The summed E-state index contributed by atoms with van der Waals surface area (Å²) in [6.07, 6.45) is -4.65. The second kappa shape index (κ2) is 13.5. The van der Waals surface area contributed by atoms with Gasteiger partial charge in [-0.15, -0.1) is 0 Å². The quantitative estimate of drug-likeness (QED) is 0.167. The third-order valence-corrected chi connectivity index (χ3v) is 10.8. The van der Waals surface area contributed by atoms with Crippen LogP contribution in [0.3, 0.4) is 0 Å². The van der Waals surface area contributed by atoms with Crippen molar-refractivity contribution in [2.75, 3.05) is 0 Å². The molecule has 0 spiro atoms. The summed E-state index contributed by atoms with van der Waals surface area (Å²) in [6, 6.07) is 42.2. The number of rotatable bonds is 4. The Morgan fingerprint density at radius 3 is 1.46 bits per heavy atom. The van der Waals surface area contributed by atoms with Crippen molar-refractivity contribution in [2.24, 2.45) is 0 Å². The van der Waals surface area contributed by atoms with Crippen LogP contribution in [0.4, 0.5) is 24.5 Å². The zero-order valence-electron chi connectivity index (χ0n) is 30.9. The summed E-state index contributed by atoms with van der Waals surface area (Å²) in [7, 11) is 0. The van der Waals surface area contributed by atoms with Crippen molar-refractivity contribution in [1.82, 2.24) is 9.13 Å². The van der Waals surface area contributed by atoms with E-state index in [1.807, 2.05) is 27.3 Å². The minimum absolute atomic E-state index is 0.0307. The predicted molar refractivity (Wildman–Crippen MR) is 222 cm³/mol. The normalized spacial score (nSPS) is 11.3. The molecular formula is C49H24F3N7. The van der Waals surface area contributed by atoms with Crippen molar-refractivity contribution < 1.29 is 13.2 Å². The van der Waals surface area contributed by atoms with Gasteiger partial charge in [0.15, 0.2) is 11.4 Å². The van der Waals surface area contributed by atoms with Gasteiger partial charge in [0.05, 0.1) is 87.0 Å². The van der Waals surface area contributed by atoms with Crippen LogP contribution in [0.2, 0.25) is 0 Å². The predicted octanol–water partition coefficient (Wildman–Crippen LogP) is 13.3. The first-order chi connectivity index (χ1) is 28.6. The van der Waals surface area contributed by atoms with Crippen molar-refractivity contribution in [1.29, 1.82) is 15.8 Å². The molecule has 9 rings (SSSR count). The zero-order chi connectivity index (χ0) is 41.2. The van der Waals surface area contributed by atoms with Gasteiger partial charge in [0, 0.05) is 21.9 Å². The number of hydrogen-bond donors (Lipinski definition) is 0. The van der Waals surface area contributed by atoms with Crippen LogP contribution in [0.1, 0.15) is 27.8 Å². The smallest absolute Gasteiger partial charge is 0.309 e. The molecule has 7 aromatic carbocycles. The minimum atomic E-state index is -4.65. The maximum Gasteiger partial charge on any atom is 0.417 e. The number of benzene rings is 7. The van der Waals surface area contributed by atoms with Crippen molar-refractivity contribution in [3.63, 3.8) is 0 Å². The fourth-order valence-corrected chi connectivity index (χ4v) is 8.22. The molecule has 0 radical (unpaired) electrons. The number of aromatic nitrogens is 2. The van der Waals surface area contributed by atoms with Crippen LogP contribution in [0.15, 0.2) is 127 Å². The van der Waals surface area contributed by atoms with Gasteiger partial charge >= 0.3 is 6.18 Å². The fourth-order valence-electron chi connectivity index (χ4n) is 8.22. The van der Waals surface area contributed by atoms with Gasteiger partial charge in [0.1, 0.15) is 0 Å². The molecule has 0 saturated carbocycles. The zero-order valence-corrected chi connectivity index (χ0v) is 30.9. The van der Waals surface area contributed by atoms with Crippen molar-refractivity contribution in [3.8, 4) is 51.8 Å². The summed E-state index contributed by atoms with van der Waals surface area (Å²) in [6.45, 7) is 17.1. The van der Waals surface area contributed by atoms with Gasteiger partial charge in [-0.25, -0.2) is 9.69 Å². The van der Waals surface area contributed by atoms with E-state index in [0.29, 0.717) is 105 Å². The molecule has 2 heterocycles. The van der Waals surface area contributed by atoms with Crippen LogP contribution in [0.25, 0.3) is 86.9 Å². The lowest BCUT2D eigenvalue weighted by atomic mass is 9.91. The molecule has 0 N–H and O–H groups in total. The topological polar surface area (TPSA) is 89.9 Å². The van der Waals surface area contributed by atoms with Gasteiger partial charge in [0.2, 0.25) is 0 Å². The van der Waals surface area contributed by atoms with E-state index in [0.717, 1.165) is 6.07 Å². The van der Waals surface area contributed by atoms with E-state index in [9.17, 15) is 29.0 Å². The highest BCUT2D eigenvalue weighted by Gasteiger charge is 2.34. The molecule has 0 aliphatic heterocycles. The first-order valence-electron chi connectivity index (χ1n) is 18.1. The third kappa shape index (κ3) is 5.71. The molecule has 0 amide bonds. The molecule has 0 atom stereocenters. The Morgan fingerprint density at radius 2 is 0.966 bits per heavy atom. The molecule has 10 heteroatoms. The lowest BCUT2D eigenvalue weighted by Gasteiger charge is -2.21. The third-order valence-electron chi connectivity index (χ3n) is 10.8. The van der Waals surface area contributed by atoms with E-state index in [1.54, 1.807) is 104 Å². The molecule has 9 aromatic rings. The van der Waals surface area contributed by atoms with Gasteiger partial charge < -0.3 is 9.13 Å². The number of aryl methyl sites for hydroxylation is 1. The maximum absolute atomic E-state index is 14.7. The van der Waals surface area contributed by atoms with Crippen LogP contribution >= 0.6 is 0 Å². The first kappa shape index (κ1) is 36.0. The molecule has 2 aromatic heterocycles. The van der Waals surface area contributed by atoms with Gasteiger partial charge in [0.25, 0.3) is 0 Å². The van der Waals surface area contributed by atoms with Gasteiger partial charge in [-0.2, -0.15) is 29.0 Å². The number of nitriles is 3. The number of halogens is 3. The lowest BCUT2D eigenvalue weighted by Crippen LogP contribution is -2.08. The molecule has 59 heavy (non-hydrogen) atoms. The second-order valence-electron chi connectivity index (χ2n) is 14.1. The molecule has 0 bridgehead atoms. The Labute approximate surface area is 335 Å². The van der Waals surface area contributed by atoms with Crippen LogP contribution < -0.4 is 0 Å². The van der Waals surface area contributed by atoms with E-state index in [-0.39, 0.29) is 5.56 Å². The van der Waals surface area contributed by atoms with Crippen LogP contribution in [0.5, 0.6) is 0 Å². The van der Waals surface area contributed by atoms with Gasteiger partial charge in [-0.1, -0.05) is 42.5 Å². The first-order valence-corrected chi connectivity index (χ1v) is 18.1. The van der Waals surface area contributed by atoms with Crippen molar-refractivity contribution in [3.05, 3.63) is 178 Å². The molecule has 7 nitrogen and oxygen atoms in total. The van der Waals surface area contributed by atoms with Crippen LogP contribution in [-0.4, -0.2) is 9.13 Å². The monoisotopic (exact) mass is 767 g/mol. The Morgan fingerprint density at radius 1 is 0.525 bits per heavy atom. The van der Waals surface area contributed by atoms with E-state index in [2.05, 4.69) is 27.9 Å². The molecule has 0 saturated heterocycles. The maximum atomic E-state index is 14.7. The molecule has 0 unspecified atom stereocenters. The Bertz CT molecular complexity index is 3370. The number of hydrogen-bond acceptors (Lipinski definition) is 3. The average Bonchev–Trinajstić information content (AvgIpc) is 3.76. The van der Waals surface area contributed by atoms with E-state index >= 15 is 0 Å². The lowest BCUT2D eigenvalue weighted by molar-refractivity contribution is -0.137. The number of fused-ring (bicyclic) bond motifs is 6. The summed E-state index contributed by atoms with van der Waals surface area (Å²) in [5.74, 6) is 0. The second-order valence-corrected chi connectivity index (χ2v) is 14.1. The summed E-state index contributed by atoms with van der Waals surface area (Å²) in [5.41, 5.74) is 7.01. The van der Waals surface area contributed by atoms with Gasteiger partial charge in [-0.05, 0) is 119 Å². The standard InChI is InChI=1S/C49H24F3N7/c1-28-5-4-6-41(49(50,51)52)48(28)32-10-14-36(47(22-32)59-44-17-11-33(56-2)23-39(44)40-24-34(57-3)12-18-45(40)59)35-13-7-31(27-55)21-46(35)58-42-15-8-29(25-53)19-37(42)38-20-30(26-54)9-16-43(38)58/h4-24H,1H3. The van der Waals surface area contributed by atoms with Crippen LogP contribution in [0, 0.1) is 54.1 Å². The average molecular weight is 768 g/mol. The minimum Gasteiger partial charge on any atom is -0.309 e. The van der Waals surface area contributed by atoms with E-state index in [4.69, 9.17) is 13.1 Å². The molecule has 0 fully saturated rings. The number of nitrogens with zero attached hydrogens (tertiary/aromatic N) is 7.